The zero-order valence-electron chi connectivity index (χ0n) is 12.7. The molecule has 4 nitrogen and oxygen atoms in total. The minimum atomic E-state index is -0.0698. The summed E-state index contributed by atoms with van der Waals surface area (Å²) < 4.78 is 2.01. The van der Waals surface area contributed by atoms with Crippen molar-refractivity contribution in [2.75, 3.05) is 5.32 Å². The first-order chi connectivity index (χ1) is 9.88. The van der Waals surface area contributed by atoms with Crippen molar-refractivity contribution >= 4 is 28.7 Å². The third kappa shape index (κ3) is 3.55. The molecule has 0 aliphatic rings. The van der Waals surface area contributed by atoms with E-state index in [9.17, 15) is 9.59 Å². The Kier molecular flexibility index (Phi) is 4.53. The summed E-state index contributed by atoms with van der Waals surface area (Å²) in [6, 6.07) is 6.93. The van der Waals surface area contributed by atoms with Crippen molar-refractivity contribution in [3.8, 4) is 0 Å². The van der Waals surface area contributed by atoms with E-state index in [2.05, 4.69) is 12.2 Å². The SMILES string of the molecule is CC(=O)c1ccc(NC(=O)C[n+]2c(C)sc(C)c2C)cc1. The number of anilines is 1. The third-order valence-electron chi connectivity index (χ3n) is 3.47. The fourth-order valence-corrected chi connectivity index (χ4v) is 3.15. The zero-order valence-corrected chi connectivity index (χ0v) is 13.5. The quantitative estimate of drug-likeness (QED) is 0.697. The van der Waals surface area contributed by atoms with Crippen molar-refractivity contribution in [1.82, 2.24) is 0 Å². The molecule has 110 valence electrons. The molecule has 2 aromatic rings. The average molecular weight is 303 g/mol. The number of hydrogen-bond acceptors (Lipinski definition) is 3. The molecule has 1 amide bonds. The lowest BCUT2D eigenvalue weighted by Gasteiger charge is -2.04. The van der Waals surface area contributed by atoms with Gasteiger partial charge in [0.05, 0.1) is 4.88 Å². The molecule has 1 heterocycles. The van der Waals surface area contributed by atoms with E-state index in [0.717, 1.165) is 10.7 Å². The van der Waals surface area contributed by atoms with Gasteiger partial charge < -0.3 is 5.32 Å². The van der Waals surface area contributed by atoms with Gasteiger partial charge in [-0.05, 0) is 38.1 Å². The molecule has 0 unspecified atom stereocenters. The van der Waals surface area contributed by atoms with Crippen LogP contribution in [0.4, 0.5) is 5.69 Å². The number of benzene rings is 1. The maximum absolute atomic E-state index is 12.1. The summed E-state index contributed by atoms with van der Waals surface area (Å²) >= 11 is 1.69. The van der Waals surface area contributed by atoms with Gasteiger partial charge in [-0.2, -0.15) is 4.57 Å². The van der Waals surface area contributed by atoms with E-state index in [1.165, 1.54) is 11.8 Å². The number of amides is 1. The van der Waals surface area contributed by atoms with E-state index in [0.29, 0.717) is 17.8 Å². The van der Waals surface area contributed by atoms with Crippen molar-refractivity contribution in [3.05, 3.63) is 45.4 Å². The van der Waals surface area contributed by atoms with E-state index < -0.39 is 0 Å². The summed E-state index contributed by atoms with van der Waals surface area (Å²) in [6.45, 7) is 7.92. The number of carbonyl (C=O) groups excluding carboxylic acids is 2. The topological polar surface area (TPSA) is 50.1 Å². The molecule has 0 radical (unpaired) electrons. The number of ketones is 1. The summed E-state index contributed by atoms with van der Waals surface area (Å²) in [7, 11) is 0. The Morgan fingerprint density at radius 1 is 1.14 bits per heavy atom. The van der Waals surface area contributed by atoms with Crippen LogP contribution in [0.15, 0.2) is 24.3 Å². The molecule has 0 fully saturated rings. The number of carbonyl (C=O) groups is 2. The van der Waals surface area contributed by atoms with Gasteiger partial charge in [0.15, 0.2) is 11.5 Å². The molecular weight excluding hydrogens is 284 g/mol. The summed E-state index contributed by atoms with van der Waals surface area (Å²) in [5, 5.41) is 3.97. The van der Waals surface area contributed by atoms with Gasteiger partial charge in [0.1, 0.15) is 0 Å². The van der Waals surface area contributed by atoms with Gasteiger partial charge in [-0.3, -0.25) is 9.59 Å². The Bertz CT molecular complexity index is 687. The summed E-state index contributed by atoms with van der Waals surface area (Å²) in [5.41, 5.74) is 2.47. The van der Waals surface area contributed by atoms with Crippen LogP contribution in [-0.4, -0.2) is 11.7 Å². The molecule has 21 heavy (non-hydrogen) atoms. The van der Waals surface area contributed by atoms with Gasteiger partial charge in [-0.15, -0.1) is 0 Å². The van der Waals surface area contributed by atoms with Crippen LogP contribution in [0.1, 0.15) is 32.9 Å². The largest absolute Gasteiger partial charge is 0.321 e. The molecule has 0 saturated carbocycles. The minimum Gasteiger partial charge on any atom is -0.321 e. The highest BCUT2D eigenvalue weighted by atomic mass is 32.1. The molecule has 0 bridgehead atoms. The van der Waals surface area contributed by atoms with Crippen molar-refractivity contribution in [3.63, 3.8) is 0 Å². The first-order valence-electron chi connectivity index (χ1n) is 6.75. The average Bonchev–Trinajstić information content (AvgIpc) is 2.66. The third-order valence-corrected chi connectivity index (χ3v) is 4.59. The van der Waals surface area contributed by atoms with Crippen LogP contribution in [0.3, 0.4) is 0 Å². The van der Waals surface area contributed by atoms with Gasteiger partial charge in [-0.1, -0.05) is 11.3 Å². The van der Waals surface area contributed by atoms with E-state index in [1.807, 2.05) is 18.4 Å². The number of nitrogens with one attached hydrogen (secondary N) is 1. The summed E-state index contributed by atoms with van der Waals surface area (Å²) in [6.07, 6.45) is 0. The Hall–Kier alpha value is -2.01. The lowest BCUT2D eigenvalue weighted by atomic mass is 10.1. The van der Waals surface area contributed by atoms with Crippen LogP contribution < -0.4 is 9.88 Å². The maximum atomic E-state index is 12.1. The lowest BCUT2D eigenvalue weighted by Crippen LogP contribution is -2.43. The highest BCUT2D eigenvalue weighted by molar-refractivity contribution is 7.11. The highest BCUT2D eigenvalue weighted by Crippen LogP contribution is 2.14. The Balaban J connectivity index is 2.06. The molecule has 0 spiro atoms. The van der Waals surface area contributed by atoms with Gasteiger partial charge in [-0.25, -0.2) is 0 Å². The van der Waals surface area contributed by atoms with Crippen LogP contribution in [0.2, 0.25) is 0 Å². The smallest absolute Gasteiger partial charge is 0.290 e. The molecule has 1 aromatic heterocycles. The molecule has 1 N–H and O–H groups in total. The van der Waals surface area contributed by atoms with Gasteiger partial charge in [0.25, 0.3) is 5.91 Å². The number of nitrogens with zero attached hydrogens (tertiary/aromatic N) is 1. The second-order valence-electron chi connectivity index (χ2n) is 5.03. The number of rotatable bonds is 4. The first-order valence-corrected chi connectivity index (χ1v) is 7.57. The van der Waals surface area contributed by atoms with Crippen LogP contribution in [0.25, 0.3) is 0 Å². The number of hydrogen-bond donors (Lipinski definition) is 1. The molecular formula is C16H19N2O2S+. The van der Waals surface area contributed by atoms with Gasteiger partial charge >= 0.3 is 0 Å². The summed E-state index contributed by atoms with van der Waals surface area (Å²) in [4.78, 5) is 24.6. The van der Waals surface area contributed by atoms with Crippen LogP contribution in [0.5, 0.6) is 0 Å². The number of thiazole rings is 1. The zero-order chi connectivity index (χ0) is 15.6. The summed E-state index contributed by atoms with van der Waals surface area (Å²) in [5.74, 6) is -0.0528. The maximum Gasteiger partial charge on any atom is 0.290 e. The van der Waals surface area contributed by atoms with Gasteiger partial charge in [0, 0.05) is 25.1 Å². The Morgan fingerprint density at radius 3 is 2.24 bits per heavy atom. The normalized spacial score (nSPS) is 10.5. The number of aryl methyl sites for hydroxylation is 2. The van der Waals surface area contributed by atoms with Crippen molar-refractivity contribution in [2.45, 2.75) is 34.2 Å². The number of Topliss-reactive ketones (excluding diaryl/α,β-unsaturated/α-hetero) is 1. The monoisotopic (exact) mass is 303 g/mol. The van der Waals surface area contributed by atoms with Crippen molar-refractivity contribution in [1.29, 1.82) is 0 Å². The van der Waals surface area contributed by atoms with Crippen LogP contribution in [0, 0.1) is 20.8 Å². The minimum absolute atomic E-state index is 0.0171. The molecule has 2 rings (SSSR count). The Labute approximate surface area is 128 Å². The van der Waals surface area contributed by atoms with Crippen molar-refractivity contribution < 1.29 is 14.2 Å². The predicted molar refractivity (Wildman–Crippen MR) is 83.8 cm³/mol. The number of aromatic nitrogens is 1. The predicted octanol–water partition coefficient (Wildman–Crippen LogP) is 2.80. The first kappa shape index (κ1) is 15.4. The standard InChI is InChI=1S/C16H18N2O2S/c1-10-12(3)21-13(4)18(10)9-16(20)17-15-7-5-14(6-8-15)11(2)19/h5-8H,9H2,1-4H3/p+1. The van der Waals surface area contributed by atoms with E-state index in [4.69, 9.17) is 0 Å². The van der Waals surface area contributed by atoms with Gasteiger partial charge in [0.2, 0.25) is 11.6 Å². The van der Waals surface area contributed by atoms with Crippen molar-refractivity contribution in [2.24, 2.45) is 0 Å². The Morgan fingerprint density at radius 2 is 1.76 bits per heavy atom. The van der Waals surface area contributed by atoms with E-state index in [1.54, 1.807) is 35.6 Å². The fraction of sp³-hybridized carbons (Fsp3) is 0.312. The molecule has 0 aliphatic carbocycles. The molecule has 1 aromatic carbocycles. The second kappa shape index (κ2) is 6.18. The molecule has 0 saturated heterocycles. The molecule has 0 aliphatic heterocycles. The fourth-order valence-electron chi connectivity index (χ4n) is 2.14. The second-order valence-corrected chi connectivity index (χ2v) is 6.44. The molecule has 0 atom stereocenters. The highest BCUT2D eigenvalue weighted by Gasteiger charge is 2.20. The van der Waals surface area contributed by atoms with Crippen LogP contribution >= 0.6 is 11.3 Å². The van der Waals surface area contributed by atoms with Crippen LogP contribution in [-0.2, 0) is 11.3 Å². The van der Waals surface area contributed by atoms with E-state index in [-0.39, 0.29) is 11.7 Å². The molecule has 5 heteroatoms. The van der Waals surface area contributed by atoms with E-state index >= 15 is 0 Å². The lowest BCUT2D eigenvalue weighted by molar-refractivity contribution is -0.691.